The summed E-state index contributed by atoms with van der Waals surface area (Å²) in [6, 6.07) is 0. The van der Waals surface area contributed by atoms with Crippen LogP contribution in [0.2, 0.25) is 0 Å². The normalized spacial score (nSPS) is 1.00. The van der Waals surface area contributed by atoms with Gasteiger partial charge in [0.1, 0.15) is 0 Å². The standard InChI is InChI=1S/CH5P.2CH4.CH3.Ir/c1-2;;;;/h2H2,1H3;2*1H4;1H3;/q;;;-1;. The average molecular weight is 287 g/mol. The zero-order valence-electron chi connectivity index (χ0n) is 2.91. The molecule has 47 valence electrons. The van der Waals surface area contributed by atoms with Gasteiger partial charge >= 0.3 is 0 Å². The SMILES string of the molecule is C.C.CP.[CH3-].[Ir]. The third-order valence-corrected chi connectivity index (χ3v) is 0. The first-order chi connectivity index (χ1) is 1.00. The van der Waals surface area contributed by atoms with Crippen LogP contribution in [-0.4, -0.2) is 6.66 Å². The van der Waals surface area contributed by atoms with Crippen LogP contribution in [0.3, 0.4) is 0 Å². The van der Waals surface area contributed by atoms with E-state index in [1.165, 1.54) is 0 Å². The molecular formula is C4H16IrP-. The Balaban J connectivity index is -0.000000000833. The molecule has 0 rings (SSSR count). The van der Waals surface area contributed by atoms with Crippen molar-refractivity contribution in [1.29, 1.82) is 0 Å². The number of hydrogen-bond donors (Lipinski definition) is 0. The van der Waals surface area contributed by atoms with Crippen molar-refractivity contribution < 1.29 is 20.1 Å². The first kappa shape index (κ1) is 60.5. The topological polar surface area (TPSA) is 0 Å². The van der Waals surface area contributed by atoms with E-state index < -0.39 is 0 Å². The molecule has 0 fully saturated rings. The Morgan fingerprint density at radius 2 is 1.00 bits per heavy atom. The van der Waals surface area contributed by atoms with E-state index in [1.54, 1.807) is 0 Å². The van der Waals surface area contributed by atoms with Crippen molar-refractivity contribution in [3.63, 3.8) is 0 Å². The van der Waals surface area contributed by atoms with Crippen LogP contribution in [0.25, 0.3) is 0 Å². The molecule has 0 aliphatic carbocycles. The fraction of sp³-hybridized carbons (Fsp3) is 0.750. The Kier molecular flexibility index (Phi) is 1360. The Hall–Kier alpha value is 1.08. The fourth-order valence-electron chi connectivity index (χ4n) is 0. The molecule has 0 amide bonds. The molecular weight excluding hydrogens is 271 g/mol. The van der Waals surface area contributed by atoms with Gasteiger partial charge in [-0.15, -0.1) is 9.24 Å². The van der Waals surface area contributed by atoms with Gasteiger partial charge in [0.05, 0.1) is 0 Å². The van der Waals surface area contributed by atoms with E-state index in [0.29, 0.717) is 0 Å². The van der Waals surface area contributed by atoms with Crippen molar-refractivity contribution >= 4 is 9.24 Å². The minimum Gasteiger partial charge on any atom is -0.358 e. The average Bonchev–Trinajstić information content (AvgIpc) is 1.00. The van der Waals surface area contributed by atoms with Crippen LogP contribution in [0, 0.1) is 7.43 Å². The molecule has 0 nitrogen and oxygen atoms in total. The Bertz CT molecular complexity index is 7.51. The van der Waals surface area contributed by atoms with Crippen molar-refractivity contribution in [2.24, 2.45) is 0 Å². The summed E-state index contributed by atoms with van der Waals surface area (Å²) in [6.45, 7) is 1.92. The largest absolute Gasteiger partial charge is 0.358 e. The first-order valence-corrected chi connectivity index (χ1v) is 1.73. The van der Waals surface area contributed by atoms with E-state index in [2.05, 4.69) is 9.24 Å². The molecule has 0 aliphatic heterocycles. The molecule has 1 unspecified atom stereocenters. The van der Waals surface area contributed by atoms with E-state index in [-0.39, 0.29) is 42.4 Å². The summed E-state index contributed by atoms with van der Waals surface area (Å²) < 4.78 is 0. The summed E-state index contributed by atoms with van der Waals surface area (Å²) in [5.74, 6) is 0. The van der Waals surface area contributed by atoms with E-state index in [1.807, 2.05) is 6.66 Å². The van der Waals surface area contributed by atoms with Gasteiger partial charge in [0.2, 0.25) is 0 Å². The van der Waals surface area contributed by atoms with Crippen molar-refractivity contribution in [2.45, 2.75) is 14.9 Å². The summed E-state index contributed by atoms with van der Waals surface area (Å²) in [5.41, 5.74) is 0. The minimum absolute atomic E-state index is 0. The molecule has 6 heavy (non-hydrogen) atoms. The van der Waals surface area contributed by atoms with Gasteiger partial charge in [-0.05, 0) is 0 Å². The molecule has 1 atom stereocenters. The molecule has 0 aromatic heterocycles. The first-order valence-electron chi connectivity index (χ1n) is 0.577. The Morgan fingerprint density at radius 3 is 1.00 bits per heavy atom. The molecule has 0 heterocycles. The van der Waals surface area contributed by atoms with Gasteiger partial charge in [0, 0.05) is 20.1 Å². The molecule has 0 aromatic carbocycles. The smallest absolute Gasteiger partial charge is 0 e. The zero-order chi connectivity index (χ0) is 2.00. The predicted octanol–water partition coefficient (Wildman–Crippen LogP) is 2.21. The molecule has 0 saturated heterocycles. The molecule has 1 radical (unpaired) electrons. The Morgan fingerprint density at radius 1 is 1.00 bits per heavy atom. The van der Waals surface area contributed by atoms with Gasteiger partial charge in [-0.25, -0.2) is 0 Å². The van der Waals surface area contributed by atoms with Crippen molar-refractivity contribution in [1.82, 2.24) is 0 Å². The maximum atomic E-state index is 2.42. The monoisotopic (exact) mass is 288 g/mol. The van der Waals surface area contributed by atoms with Gasteiger partial charge < -0.3 is 7.43 Å². The molecule has 0 spiro atoms. The second-order valence-electron chi connectivity index (χ2n) is 0. The molecule has 0 aliphatic rings. The van der Waals surface area contributed by atoms with Gasteiger partial charge in [0.15, 0.2) is 0 Å². The van der Waals surface area contributed by atoms with E-state index in [4.69, 9.17) is 0 Å². The van der Waals surface area contributed by atoms with Gasteiger partial charge in [-0.3, -0.25) is 0 Å². The zero-order valence-corrected chi connectivity index (χ0v) is 6.46. The van der Waals surface area contributed by atoms with Gasteiger partial charge in [0.25, 0.3) is 0 Å². The second kappa shape index (κ2) is 135. The second-order valence-corrected chi connectivity index (χ2v) is 0. The summed E-state index contributed by atoms with van der Waals surface area (Å²) in [6.07, 6.45) is 0. The van der Waals surface area contributed by atoms with Crippen molar-refractivity contribution in [3.05, 3.63) is 7.43 Å². The van der Waals surface area contributed by atoms with Crippen LogP contribution in [0.1, 0.15) is 14.9 Å². The molecule has 0 N–H and O–H groups in total. The van der Waals surface area contributed by atoms with E-state index in [0.717, 1.165) is 0 Å². The van der Waals surface area contributed by atoms with Gasteiger partial charge in [-0.2, -0.15) is 0 Å². The van der Waals surface area contributed by atoms with Gasteiger partial charge in [-0.1, -0.05) is 21.5 Å². The number of rotatable bonds is 0. The maximum Gasteiger partial charge on any atom is 0 e. The number of hydrogen-bond acceptors (Lipinski definition) is 0. The van der Waals surface area contributed by atoms with E-state index in [9.17, 15) is 0 Å². The fourth-order valence-corrected chi connectivity index (χ4v) is 0. The van der Waals surface area contributed by atoms with Crippen LogP contribution in [-0.2, 0) is 20.1 Å². The molecule has 2 heteroatoms. The molecule has 0 saturated carbocycles. The maximum absolute atomic E-state index is 2.42. The summed E-state index contributed by atoms with van der Waals surface area (Å²) in [4.78, 5) is 0. The molecule has 0 bridgehead atoms. The van der Waals surface area contributed by atoms with Crippen LogP contribution in [0.15, 0.2) is 0 Å². The van der Waals surface area contributed by atoms with Crippen LogP contribution in [0.5, 0.6) is 0 Å². The summed E-state index contributed by atoms with van der Waals surface area (Å²) in [7, 11) is 2.42. The quantitative estimate of drug-likeness (QED) is 0.473. The van der Waals surface area contributed by atoms with Crippen molar-refractivity contribution in [2.75, 3.05) is 6.66 Å². The molecule has 0 aromatic rings. The predicted molar refractivity (Wildman–Crippen MR) is 35.5 cm³/mol. The summed E-state index contributed by atoms with van der Waals surface area (Å²) >= 11 is 0. The third kappa shape index (κ3) is 72.6. The van der Waals surface area contributed by atoms with Crippen molar-refractivity contribution in [3.8, 4) is 0 Å². The summed E-state index contributed by atoms with van der Waals surface area (Å²) in [5, 5.41) is 0. The third-order valence-electron chi connectivity index (χ3n) is 0. The Labute approximate surface area is 58.7 Å². The minimum atomic E-state index is 0. The van der Waals surface area contributed by atoms with Crippen LogP contribution < -0.4 is 0 Å². The van der Waals surface area contributed by atoms with Crippen LogP contribution in [0.4, 0.5) is 0 Å². The van der Waals surface area contributed by atoms with E-state index >= 15 is 0 Å². The van der Waals surface area contributed by atoms with Crippen LogP contribution >= 0.6 is 9.24 Å².